The van der Waals surface area contributed by atoms with Crippen LogP contribution in [0.25, 0.3) is 11.4 Å². The van der Waals surface area contributed by atoms with Crippen LogP contribution in [0.15, 0.2) is 47.3 Å². The number of furan rings is 1. The Morgan fingerprint density at radius 3 is 2.64 bits per heavy atom. The summed E-state index contributed by atoms with van der Waals surface area (Å²) in [5.74, 6) is 2.42. The first-order chi connectivity index (χ1) is 12.2. The standard InChI is InChI=1S/C19H22N4O2/c1-13(21-10-16-4-5-17(25-16)12-24-3)18-11-22-19(23-14(18)2)15-6-8-20-9-7-15/h4-9,11,13,21H,10,12H2,1-3H3/t13-/m0/s1. The minimum absolute atomic E-state index is 0.113. The smallest absolute Gasteiger partial charge is 0.159 e. The van der Waals surface area contributed by atoms with Crippen LogP contribution in [0.2, 0.25) is 0 Å². The lowest BCUT2D eigenvalue weighted by molar-refractivity contribution is 0.162. The van der Waals surface area contributed by atoms with Crippen LogP contribution in [0.1, 0.15) is 35.7 Å². The fourth-order valence-corrected chi connectivity index (χ4v) is 2.64. The lowest BCUT2D eigenvalue weighted by Gasteiger charge is -2.15. The highest BCUT2D eigenvalue weighted by Gasteiger charge is 2.12. The molecule has 3 rings (SSSR count). The Morgan fingerprint density at radius 2 is 1.92 bits per heavy atom. The summed E-state index contributed by atoms with van der Waals surface area (Å²) in [5, 5.41) is 3.45. The van der Waals surface area contributed by atoms with Gasteiger partial charge in [0.25, 0.3) is 0 Å². The van der Waals surface area contributed by atoms with Crippen LogP contribution < -0.4 is 5.32 Å². The predicted molar refractivity (Wildman–Crippen MR) is 94.7 cm³/mol. The number of hydrogen-bond donors (Lipinski definition) is 1. The SMILES string of the molecule is COCc1ccc(CN[C@@H](C)c2cnc(-c3ccncc3)nc2C)o1. The van der Waals surface area contributed by atoms with E-state index in [1.165, 1.54) is 0 Å². The van der Waals surface area contributed by atoms with Gasteiger partial charge in [0.05, 0.1) is 6.54 Å². The number of aryl methyl sites for hydroxylation is 1. The van der Waals surface area contributed by atoms with Crippen molar-refractivity contribution >= 4 is 0 Å². The number of rotatable bonds is 7. The molecule has 0 aromatic carbocycles. The molecular weight excluding hydrogens is 316 g/mol. The van der Waals surface area contributed by atoms with Crippen molar-refractivity contribution in [3.63, 3.8) is 0 Å². The molecule has 0 fully saturated rings. The molecule has 0 spiro atoms. The molecular formula is C19H22N4O2. The van der Waals surface area contributed by atoms with Crippen LogP contribution in [0.3, 0.4) is 0 Å². The number of hydrogen-bond acceptors (Lipinski definition) is 6. The zero-order valence-corrected chi connectivity index (χ0v) is 14.7. The summed E-state index contributed by atoms with van der Waals surface area (Å²) in [7, 11) is 1.65. The van der Waals surface area contributed by atoms with Gasteiger partial charge in [0, 0.05) is 48.6 Å². The summed E-state index contributed by atoms with van der Waals surface area (Å²) in [4.78, 5) is 13.1. The van der Waals surface area contributed by atoms with Gasteiger partial charge in [-0.1, -0.05) is 0 Å². The molecule has 25 heavy (non-hydrogen) atoms. The third-order valence-electron chi connectivity index (χ3n) is 4.01. The van der Waals surface area contributed by atoms with E-state index in [-0.39, 0.29) is 6.04 Å². The molecule has 0 saturated heterocycles. The van der Waals surface area contributed by atoms with Crippen LogP contribution in [-0.2, 0) is 17.9 Å². The number of nitrogens with one attached hydrogen (secondary N) is 1. The first-order valence-corrected chi connectivity index (χ1v) is 8.21. The van der Waals surface area contributed by atoms with Crippen molar-refractivity contribution in [2.24, 2.45) is 0 Å². The van der Waals surface area contributed by atoms with Gasteiger partial charge in [-0.2, -0.15) is 0 Å². The second-order valence-corrected chi connectivity index (χ2v) is 5.87. The average Bonchev–Trinajstić information content (AvgIpc) is 3.08. The summed E-state index contributed by atoms with van der Waals surface area (Å²) >= 11 is 0. The van der Waals surface area contributed by atoms with E-state index in [1.807, 2.05) is 37.4 Å². The molecule has 0 unspecified atom stereocenters. The third kappa shape index (κ3) is 4.29. The first kappa shape index (κ1) is 17.3. The monoisotopic (exact) mass is 338 g/mol. The van der Waals surface area contributed by atoms with E-state index in [1.54, 1.807) is 19.5 Å². The van der Waals surface area contributed by atoms with E-state index in [9.17, 15) is 0 Å². The zero-order valence-electron chi connectivity index (χ0n) is 14.7. The average molecular weight is 338 g/mol. The summed E-state index contributed by atoms with van der Waals surface area (Å²) in [6.45, 7) is 5.22. The Balaban J connectivity index is 1.66. The van der Waals surface area contributed by atoms with Gasteiger partial charge in [-0.25, -0.2) is 9.97 Å². The van der Waals surface area contributed by atoms with Gasteiger partial charge in [-0.3, -0.25) is 4.98 Å². The Hall–Kier alpha value is -2.57. The van der Waals surface area contributed by atoms with Gasteiger partial charge in [-0.15, -0.1) is 0 Å². The largest absolute Gasteiger partial charge is 0.462 e. The van der Waals surface area contributed by atoms with Crippen LogP contribution in [0.5, 0.6) is 0 Å². The molecule has 0 aliphatic heterocycles. The van der Waals surface area contributed by atoms with E-state index in [0.717, 1.165) is 28.3 Å². The quantitative estimate of drug-likeness (QED) is 0.711. The molecule has 0 saturated carbocycles. The Labute approximate surface area is 147 Å². The number of aromatic nitrogens is 3. The van der Waals surface area contributed by atoms with Crippen molar-refractivity contribution < 1.29 is 9.15 Å². The fourth-order valence-electron chi connectivity index (χ4n) is 2.64. The van der Waals surface area contributed by atoms with Crippen LogP contribution in [-0.4, -0.2) is 22.1 Å². The Morgan fingerprint density at radius 1 is 1.16 bits per heavy atom. The molecule has 0 aliphatic carbocycles. The maximum atomic E-state index is 5.69. The molecule has 0 amide bonds. The van der Waals surface area contributed by atoms with Crippen LogP contribution >= 0.6 is 0 Å². The van der Waals surface area contributed by atoms with Gasteiger partial charge in [0.2, 0.25) is 0 Å². The lowest BCUT2D eigenvalue weighted by atomic mass is 10.1. The van der Waals surface area contributed by atoms with Gasteiger partial charge in [0.15, 0.2) is 5.82 Å². The van der Waals surface area contributed by atoms with Gasteiger partial charge >= 0.3 is 0 Å². The maximum absolute atomic E-state index is 5.69. The Bertz CT molecular complexity index is 817. The molecule has 0 aliphatic rings. The molecule has 3 heterocycles. The second kappa shape index (κ2) is 8.00. The summed E-state index contributed by atoms with van der Waals surface area (Å²) in [6.07, 6.45) is 5.37. The minimum Gasteiger partial charge on any atom is -0.462 e. The molecule has 1 N–H and O–H groups in total. The molecule has 130 valence electrons. The van der Waals surface area contributed by atoms with E-state index in [0.29, 0.717) is 19.0 Å². The summed E-state index contributed by atoms with van der Waals surface area (Å²) in [6, 6.07) is 7.82. The molecule has 3 aromatic heterocycles. The van der Waals surface area contributed by atoms with E-state index in [4.69, 9.17) is 9.15 Å². The number of methoxy groups -OCH3 is 1. The van der Waals surface area contributed by atoms with Crippen molar-refractivity contribution in [3.8, 4) is 11.4 Å². The van der Waals surface area contributed by atoms with Crippen molar-refractivity contribution in [2.75, 3.05) is 7.11 Å². The van der Waals surface area contributed by atoms with Crippen LogP contribution in [0.4, 0.5) is 0 Å². The topological polar surface area (TPSA) is 73.1 Å². The van der Waals surface area contributed by atoms with Crippen molar-refractivity contribution in [2.45, 2.75) is 33.0 Å². The fraction of sp³-hybridized carbons (Fsp3) is 0.316. The summed E-state index contributed by atoms with van der Waals surface area (Å²) in [5.41, 5.74) is 2.99. The molecule has 0 bridgehead atoms. The highest BCUT2D eigenvalue weighted by molar-refractivity contribution is 5.53. The zero-order chi connectivity index (χ0) is 17.6. The van der Waals surface area contributed by atoms with Crippen molar-refractivity contribution in [1.29, 1.82) is 0 Å². The summed E-state index contributed by atoms with van der Waals surface area (Å²) < 4.78 is 10.8. The molecule has 1 atom stereocenters. The molecule has 0 radical (unpaired) electrons. The molecule has 6 heteroatoms. The maximum Gasteiger partial charge on any atom is 0.159 e. The third-order valence-corrected chi connectivity index (χ3v) is 4.01. The van der Waals surface area contributed by atoms with Crippen molar-refractivity contribution in [3.05, 3.63) is 65.6 Å². The van der Waals surface area contributed by atoms with E-state index < -0.39 is 0 Å². The van der Waals surface area contributed by atoms with Gasteiger partial charge in [0.1, 0.15) is 18.1 Å². The minimum atomic E-state index is 0.113. The lowest BCUT2D eigenvalue weighted by Crippen LogP contribution is -2.19. The van der Waals surface area contributed by atoms with E-state index in [2.05, 4.69) is 27.2 Å². The van der Waals surface area contributed by atoms with E-state index >= 15 is 0 Å². The first-order valence-electron chi connectivity index (χ1n) is 8.21. The number of ether oxygens (including phenoxy) is 1. The second-order valence-electron chi connectivity index (χ2n) is 5.87. The Kier molecular flexibility index (Phi) is 5.53. The normalized spacial score (nSPS) is 12.3. The highest BCUT2D eigenvalue weighted by Crippen LogP contribution is 2.20. The predicted octanol–water partition coefficient (Wildman–Crippen LogP) is 3.44. The molecule has 3 aromatic rings. The number of nitrogens with zero attached hydrogens (tertiary/aromatic N) is 3. The van der Waals surface area contributed by atoms with Gasteiger partial charge < -0.3 is 14.5 Å². The van der Waals surface area contributed by atoms with Gasteiger partial charge in [-0.05, 0) is 38.1 Å². The van der Waals surface area contributed by atoms with Crippen molar-refractivity contribution in [1.82, 2.24) is 20.3 Å². The highest BCUT2D eigenvalue weighted by atomic mass is 16.5. The molecule has 6 nitrogen and oxygen atoms in total. The number of pyridine rings is 1. The van der Waals surface area contributed by atoms with Crippen LogP contribution in [0, 0.1) is 6.92 Å².